The van der Waals surface area contributed by atoms with Crippen LogP contribution in [0.3, 0.4) is 0 Å². The Bertz CT molecular complexity index is 369. The summed E-state index contributed by atoms with van der Waals surface area (Å²) < 4.78 is 4.90. The van der Waals surface area contributed by atoms with Crippen LogP contribution in [0, 0.1) is 0 Å². The first-order valence-electron chi connectivity index (χ1n) is 5.68. The van der Waals surface area contributed by atoms with Crippen LogP contribution < -0.4 is 5.32 Å². The molecule has 1 amide bonds. The number of methoxy groups -OCH3 is 1. The van der Waals surface area contributed by atoms with Gasteiger partial charge in [-0.2, -0.15) is 0 Å². The second-order valence-corrected chi connectivity index (χ2v) is 5.79. The minimum Gasteiger partial charge on any atom is -0.385 e. The number of thiazole rings is 1. The van der Waals surface area contributed by atoms with Gasteiger partial charge in [0.1, 0.15) is 0 Å². The molecule has 0 saturated carbocycles. The molecule has 1 rings (SSSR count). The Labute approximate surface area is 106 Å². The number of nitrogens with one attached hydrogen (secondary N) is 1. The maximum atomic E-state index is 11.5. The summed E-state index contributed by atoms with van der Waals surface area (Å²) in [6.07, 6.45) is 1.21. The van der Waals surface area contributed by atoms with E-state index in [-0.39, 0.29) is 11.3 Å². The molecule has 0 bridgehead atoms. The number of hydrogen-bond donors (Lipinski definition) is 1. The largest absolute Gasteiger partial charge is 0.385 e. The van der Waals surface area contributed by atoms with Gasteiger partial charge in [0.05, 0.1) is 5.69 Å². The zero-order chi connectivity index (χ0) is 12.9. The van der Waals surface area contributed by atoms with Crippen molar-refractivity contribution in [1.29, 1.82) is 0 Å². The maximum absolute atomic E-state index is 11.5. The number of hydrogen-bond acceptors (Lipinski definition) is 4. The number of anilines is 1. The van der Waals surface area contributed by atoms with Crippen molar-refractivity contribution in [2.45, 2.75) is 39.0 Å². The summed E-state index contributed by atoms with van der Waals surface area (Å²) in [5, 5.41) is 5.48. The van der Waals surface area contributed by atoms with Gasteiger partial charge in [0.15, 0.2) is 5.13 Å². The molecule has 0 fully saturated rings. The predicted molar refractivity (Wildman–Crippen MR) is 70.6 cm³/mol. The second-order valence-electron chi connectivity index (χ2n) is 4.93. The fourth-order valence-corrected chi connectivity index (χ4v) is 2.19. The molecule has 1 aromatic rings. The molecule has 0 aliphatic carbocycles. The number of amides is 1. The van der Waals surface area contributed by atoms with Crippen LogP contribution in [0.25, 0.3) is 0 Å². The Balaban J connectivity index is 2.46. The van der Waals surface area contributed by atoms with Gasteiger partial charge in [0.2, 0.25) is 5.91 Å². The van der Waals surface area contributed by atoms with Gasteiger partial charge in [-0.3, -0.25) is 4.79 Å². The summed E-state index contributed by atoms with van der Waals surface area (Å²) in [6.45, 7) is 6.92. The standard InChI is InChI=1S/C12H20N2O2S/c1-12(2,3)9-8-17-11(13-9)14-10(15)6-5-7-16-4/h8H,5-7H2,1-4H3,(H,13,14,15). The second kappa shape index (κ2) is 6.12. The van der Waals surface area contributed by atoms with Gasteiger partial charge in [0, 0.05) is 30.9 Å². The Morgan fingerprint density at radius 2 is 2.24 bits per heavy atom. The number of rotatable bonds is 5. The van der Waals surface area contributed by atoms with Crippen molar-refractivity contribution < 1.29 is 9.53 Å². The molecule has 0 aliphatic rings. The first-order valence-corrected chi connectivity index (χ1v) is 6.56. The minimum atomic E-state index is -0.00291. The highest BCUT2D eigenvalue weighted by Gasteiger charge is 2.17. The predicted octanol–water partition coefficient (Wildman–Crippen LogP) is 2.81. The number of carbonyl (C=O) groups is 1. The van der Waals surface area contributed by atoms with Gasteiger partial charge in [-0.15, -0.1) is 11.3 Å². The van der Waals surface area contributed by atoms with Gasteiger partial charge >= 0.3 is 0 Å². The van der Waals surface area contributed by atoms with Crippen LogP contribution >= 0.6 is 11.3 Å². The van der Waals surface area contributed by atoms with Crippen LogP contribution in [0.2, 0.25) is 0 Å². The van der Waals surface area contributed by atoms with Crippen molar-refractivity contribution in [3.05, 3.63) is 11.1 Å². The van der Waals surface area contributed by atoms with E-state index in [0.29, 0.717) is 18.2 Å². The lowest BCUT2D eigenvalue weighted by Crippen LogP contribution is -2.14. The summed E-state index contributed by atoms with van der Waals surface area (Å²) in [5.41, 5.74) is 1.03. The Morgan fingerprint density at radius 3 is 2.76 bits per heavy atom. The monoisotopic (exact) mass is 256 g/mol. The van der Waals surface area contributed by atoms with Crippen molar-refractivity contribution in [3.63, 3.8) is 0 Å². The van der Waals surface area contributed by atoms with Crippen LogP contribution in [0.1, 0.15) is 39.3 Å². The Morgan fingerprint density at radius 1 is 1.53 bits per heavy atom. The van der Waals surface area contributed by atoms with Crippen LogP contribution in [0.15, 0.2) is 5.38 Å². The van der Waals surface area contributed by atoms with Crippen molar-refractivity contribution >= 4 is 22.4 Å². The first-order chi connectivity index (χ1) is 7.93. The summed E-state index contributed by atoms with van der Waals surface area (Å²) in [6, 6.07) is 0. The van der Waals surface area contributed by atoms with Gasteiger partial charge in [-0.05, 0) is 6.42 Å². The van der Waals surface area contributed by atoms with Gasteiger partial charge in [-0.25, -0.2) is 4.98 Å². The summed E-state index contributed by atoms with van der Waals surface area (Å²) in [7, 11) is 1.63. The van der Waals surface area contributed by atoms with E-state index in [1.165, 1.54) is 11.3 Å². The molecule has 1 aromatic heterocycles. The van der Waals surface area contributed by atoms with E-state index < -0.39 is 0 Å². The third-order valence-corrected chi connectivity index (χ3v) is 3.03. The first kappa shape index (κ1) is 14.1. The fraction of sp³-hybridized carbons (Fsp3) is 0.667. The van der Waals surface area contributed by atoms with E-state index in [0.717, 1.165) is 12.1 Å². The minimum absolute atomic E-state index is 0.00291. The average molecular weight is 256 g/mol. The van der Waals surface area contributed by atoms with Crippen LogP contribution in [-0.4, -0.2) is 24.6 Å². The van der Waals surface area contributed by atoms with Crippen LogP contribution in [0.4, 0.5) is 5.13 Å². The Hall–Kier alpha value is -0.940. The summed E-state index contributed by atoms with van der Waals surface area (Å²) >= 11 is 1.47. The maximum Gasteiger partial charge on any atom is 0.226 e. The molecule has 0 aromatic carbocycles. The molecular formula is C12H20N2O2S. The smallest absolute Gasteiger partial charge is 0.226 e. The molecule has 96 valence electrons. The molecular weight excluding hydrogens is 236 g/mol. The van der Waals surface area contributed by atoms with Gasteiger partial charge in [0.25, 0.3) is 0 Å². The quantitative estimate of drug-likeness (QED) is 0.824. The van der Waals surface area contributed by atoms with Crippen molar-refractivity contribution in [3.8, 4) is 0 Å². The highest BCUT2D eigenvalue weighted by Crippen LogP contribution is 2.26. The molecule has 0 unspecified atom stereocenters. The Kier molecular flexibility index (Phi) is 5.08. The van der Waals surface area contributed by atoms with Gasteiger partial charge < -0.3 is 10.1 Å². The van der Waals surface area contributed by atoms with E-state index in [4.69, 9.17) is 4.74 Å². The lowest BCUT2D eigenvalue weighted by molar-refractivity contribution is -0.116. The molecule has 5 heteroatoms. The summed E-state index contributed by atoms with van der Waals surface area (Å²) in [5.74, 6) is -0.00291. The molecule has 0 spiro atoms. The zero-order valence-corrected chi connectivity index (χ0v) is 11.7. The third kappa shape index (κ3) is 4.83. The molecule has 17 heavy (non-hydrogen) atoms. The van der Waals surface area contributed by atoms with E-state index in [1.807, 2.05) is 5.38 Å². The number of aromatic nitrogens is 1. The molecule has 0 aliphatic heterocycles. The zero-order valence-electron chi connectivity index (χ0n) is 10.9. The highest BCUT2D eigenvalue weighted by atomic mass is 32.1. The molecule has 4 nitrogen and oxygen atoms in total. The average Bonchev–Trinajstić information content (AvgIpc) is 2.66. The lowest BCUT2D eigenvalue weighted by Gasteiger charge is -2.14. The highest BCUT2D eigenvalue weighted by molar-refractivity contribution is 7.13. The normalized spacial score (nSPS) is 11.5. The summed E-state index contributed by atoms with van der Waals surface area (Å²) in [4.78, 5) is 16.0. The SMILES string of the molecule is COCCCC(=O)Nc1nc(C(C)(C)C)cs1. The lowest BCUT2D eigenvalue weighted by atomic mass is 9.93. The number of ether oxygens (including phenoxy) is 1. The molecule has 0 saturated heterocycles. The topological polar surface area (TPSA) is 51.2 Å². The van der Waals surface area contributed by atoms with E-state index >= 15 is 0 Å². The van der Waals surface area contributed by atoms with Crippen LogP contribution in [-0.2, 0) is 14.9 Å². The number of carbonyl (C=O) groups excluding carboxylic acids is 1. The fourth-order valence-electron chi connectivity index (χ4n) is 1.23. The van der Waals surface area contributed by atoms with Crippen molar-refractivity contribution in [2.24, 2.45) is 0 Å². The molecule has 1 N–H and O–H groups in total. The van der Waals surface area contributed by atoms with Crippen molar-refractivity contribution in [1.82, 2.24) is 4.98 Å². The van der Waals surface area contributed by atoms with E-state index in [2.05, 4.69) is 31.1 Å². The van der Waals surface area contributed by atoms with Gasteiger partial charge in [-0.1, -0.05) is 20.8 Å². The molecule has 0 atom stereocenters. The van der Waals surface area contributed by atoms with Crippen molar-refractivity contribution in [2.75, 3.05) is 19.0 Å². The molecule has 0 radical (unpaired) electrons. The molecule has 1 heterocycles. The number of nitrogens with zero attached hydrogens (tertiary/aromatic N) is 1. The third-order valence-electron chi connectivity index (χ3n) is 2.27. The van der Waals surface area contributed by atoms with E-state index in [1.54, 1.807) is 7.11 Å². The van der Waals surface area contributed by atoms with Crippen LogP contribution in [0.5, 0.6) is 0 Å². The van der Waals surface area contributed by atoms with E-state index in [9.17, 15) is 4.79 Å².